The molecule has 0 saturated heterocycles. The summed E-state index contributed by atoms with van der Waals surface area (Å²) in [5, 5.41) is 0. The first-order valence-corrected chi connectivity index (χ1v) is 8.87. The van der Waals surface area contributed by atoms with E-state index < -0.39 is 6.04 Å². The molecule has 29 heavy (non-hydrogen) atoms. The molecule has 1 unspecified atom stereocenters. The molecule has 0 radical (unpaired) electrons. The van der Waals surface area contributed by atoms with E-state index in [4.69, 9.17) is 15.2 Å². The zero-order valence-corrected chi connectivity index (χ0v) is 15.9. The van der Waals surface area contributed by atoms with Crippen LogP contribution in [0.15, 0.2) is 60.1 Å². The molecule has 146 valence electrons. The lowest BCUT2D eigenvalue weighted by Gasteiger charge is -2.27. The van der Waals surface area contributed by atoms with E-state index in [2.05, 4.69) is 15.0 Å². The van der Waals surface area contributed by atoms with Gasteiger partial charge in [0.25, 0.3) is 0 Å². The summed E-state index contributed by atoms with van der Waals surface area (Å²) >= 11 is 0. The number of aromatic nitrogens is 2. The maximum atomic E-state index is 11.1. The van der Waals surface area contributed by atoms with Gasteiger partial charge in [-0.05, 0) is 35.9 Å². The van der Waals surface area contributed by atoms with Gasteiger partial charge in [-0.25, -0.2) is 15.0 Å². The number of nitrogens with two attached hydrogens (primary N) is 1. The number of methoxy groups -OCH3 is 1. The molecule has 4 rings (SSSR count). The van der Waals surface area contributed by atoms with E-state index in [9.17, 15) is 4.79 Å². The minimum Gasteiger partial charge on any atom is -0.497 e. The number of carbonyl (C=O) groups excluding carboxylic acids is 1. The minimum absolute atomic E-state index is 0.0973. The van der Waals surface area contributed by atoms with Gasteiger partial charge in [0.05, 0.1) is 7.11 Å². The van der Waals surface area contributed by atoms with Crippen molar-refractivity contribution in [1.82, 2.24) is 14.9 Å². The van der Waals surface area contributed by atoms with Crippen LogP contribution in [0.4, 0.5) is 0 Å². The number of fused-ring (bicyclic) bond motifs is 2. The molecule has 1 amide bonds. The molecular weight excluding hydrogens is 370 g/mol. The summed E-state index contributed by atoms with van der Waals surface area (Å²) in [6.07, 6.45) is 5.57. The molecule has 2 N–H and O–H groups in total. The van der Waals surface area contributed by atoms with Crippen LogP contribution < -0.4 is 15.2 Å². The highest BCUT2D eigenvalue weighted by atomic mass is 16.5. The summed E-state index contributed by atoms with van der Waals surface area (Å²) in [6.45, 7) is 0. The third kappa shape index (κ3) is 3.47. The van der Waals surface area contributed by atoms with Crippen molar-refractivity contribution in [1.29, 1.82) is 0 Å². The quantitative estimate of drug-likeness (QED) is 0.418. The standard InChI is InChI=1S/C21H19N5O3/c1-26(12-27)21(22)25-20-16-7-13(14-9-23-11-24-10-14)3-5-18(16)29-19-6-4-15(28-2)8-17(19)20/h3-12,20H,1-2H3,(H2,22,25). The zero-order chi connectivity index (χ0) is 20.4. The van der Waals surface area contributed by atoms with Crippen LogP contribution in [0.3, 0.4) is 0 Å². The second-order valence-electron chi connectivity index (χ2n) is 6.49. The largest absolute Gasteiger partial charge is 0.497 e. The Labute approximate surface area is 167 Å². The summed E-state index contributed by atoms with van der Waals surface area (Å²) in [4.78, 5) is 25.1. The fourth-order valence-electron chi connectivity index (χ4n) is 3.15. The Kier molecular flexibility index (Phi) is 4.82. The first-order valence-electron chi connectivity index (χ1n) is 8.87. The van der Waals surface area contributed by atoms with Crippen molar-refractivity contribution >= 4 is 12.4 Å². The number of aliphatic imine (C=N–C) groups is 1. The van der Waals surface area contributed by atoms with Crippen molar-refractivity contribution in [3.05, 3.63) is 66.2 Å². The van der Waals surface area contributed by atoms with Gasteiger partial charge in [0, 0.05) is 36.1 Å². The lowest BCUT2D eigenvalue weighted by Crippen LogP contribution is -2.33. The molecule has 2 heterocycles. The lowest BCUT2D eigenvalue weighted by molar-refractivity contribution is -0.114. The minimum atomic E-state index is -0.476. The zero-order valence-electron chi connectivity index (χ0n) is 15.9. The number of amides is 1. The molecule has 0 spiro atoms. The SMILES string of the molecule is COc1ccc2c(c1)C(N=C(N)N(C)C=O)c1cc(-c3cncnc3)ccc1O2. The normalized spacial score (nSPS) is 15.0. The Bertz CT molecular complexity index is 1080. The van der Waals surface area contributed by atoms with E-state index in [-0.39, 0.29) is 5.96 Å². The first-order chi connectivity index (χ1) is 14.1. The third-order valence-corrected chi connectivity index (χ3v) is 4.71. The second kappa shape index (κ2) is 7.59. The molecule has 0 saturated carbocycles. The van der Waals surface area contributed by atoms with Crippen LogP contribution in [0.1, 0.15) is 17.2 Å². The van der Waals surface area contributed by atoms with Crippen molar-refractivity contribution in [3.8, 4) is 28.4 Å². The van der Waals surface area contributed by atoms with E-state index in [1.165, 1.54) is 11.2 Å². The predicted octanol–water partition coefficient (Wildman–Crippen LogP) is 2.75. The summed E-state index contributed by atoms with van der Waals surface area (Å²) in [5.74, 6) is 2.09. The van der Waals surface area contributed by atoms with Crippen LogP contribution in [0.2, 0.25) is 0 Å². The predicted molar refractivity (Wildman–Crippen MR) is 108 cm³/mol. The number of nitrogens with zero attached hydrogens (tertiary/aromatic N) is 4. The average molecular weight is 389 g/mol. The molecular formula is C21H19N5O3. The van der Waals surface area contributed by atoms with E-state index in [1.807, 2.05) is 36.4 Å². The number of benzene rings is 2. The highest BCUT2D eigenvalue weighted by Gasteiger charge is 2.29. The number of carbonyl (C=O) groups is 1. The lowest BCUT2D eigenvalue weighted by atomic mass is 9.92. The molecule has 1 aromatic heterocycles. The number of hydrogen-bond acceptors (Lipinski definition) is 6. The molecule has 1 aliphatic rings. The summed E-state index contributed by atoms with van der Waals surface area (Å²) in [7, 11) is 3.15. The molecule has 2 aromatic carbocycles. The Morgan fingerprint density at radius 3 is 2.52 bits per heavy atom. The number of hydrogen-bond donors (Lipinski definition) is 1. The Hall–Kier alpha value is -3.94. The van der Waals surface area contributed by atoms with Crippen LogP contribution in [0.25, 0.3) is 11.1 Å². The van der Waals surface area contributed by atoms with Crippen LogP contribution in [-0.4, -0.2) is 41.4 Å². The average Bonchev–Trinajstić information content (AvgIpc) is 2.78. The maximum absolute atomic E-state index is 11.1. The van der Waals surface area contributed by atoms with Gasteiger partial charge in [0.2, 0.25) is 6.41 Å². The van der Waals surface area contributed by atoms with Crippen molar-refractivity contribution in [2.24, 2.45) is 10.7 Å². The third-order valence-electron chi connectivity index (χ3n) is 4.71. The van der Waals surface area contributed by atoms with Gasteiger partial charge >= 0.3 is 0 Å². The number of ether oxygens (including phenoxy) is 2. The summed E-state index contributed by atoms with van der Waals surface area (Å²) < 4.78 is 11.5. The molecule has 0 bridgehead atoms. The van der Waals surface area contributed by atoms with Gasteiger partial charge in [-0.1, -0.05) is 6.07 Å². The molecule has 0 aliphatic carbocycles. The van der Waals surface area contributed by atoms with Crippen LogP contribution in [0, 0.1) is 0 Å². The van der Waals surface area contributed by atoms with Crippen molar-refractivity contribution in [3.63, 3.8) is 0 Å². The second-order valence-corrected chi connectivity index (χ2v) is 6.49. The van der Waals surface area contributed by atoms with Gasteiger partial charge < -0.3 is 15.2 Å². The monoisotopic (exact) mass is 389 g/mol. The van der Waals surface area contributed by atoms with E-state index in [1.54, 1.807) is 26.6 Å². The fourth-order valence-corrected chi connectivity index (χ4v) is 3.15. The van der Waals surface area contributed by atoms with Crippen molar-refractivity contribution in [2.45, 2.75) is 6.04 Å². The number of rotatable bonds is 4. The summed E-state index contributed by atoms with van der Waals surface area (Å²) in [5.41, 5.74) is 9.44. The molecule has 8 nitrogen and oxygen atoms in total. The molecule has 1 aliphatic heterocycles. The van der Waals surface area contributed by atoms with E-state index >= 15 is 0 Å². The molecule has 0 fully saturated rings. The fraction of sp³-hybridized carbons (Fsp3) is 0.143. The Balaban J connectivity index is 1.88. The van der Waals surface area contributed by atoms with Crippen LogP contribution >= 0.6 is 0 Å². The van der Waals surface area contributed by atoms with Crippen LogP contribution in [0.5, 0.6) is 17.2 Å². The van der Waals surface area contributed by atoms with Crippen molar-refractivity contribution in [2.75, 3.05) is 14.2 Å². The Morgan fingerprint density at radius 2 is 1.83 bits per heavy atom. The van der Waals surface area contributed by atoms with Gasteiger partial charge in [0.1, 0.15) is 29.6 Å². The van der Waals surface area contributed by atoms with E-state index in [0.29, 0.717) is 23.7 Å². The van der Waals surface area contributed by atoms with Crippen molar-refractivity contribution < 1.29 is 14.3 Å². The molecule has 1 atom stereocenters. The van der Waals surface area contributed by atoms with Crippen LogP contribution in [-0.2, 0) is 4.79 Å². The highest BCUT2D eigenvalue weighted by Crippen LogP contribution is 2.47. The molecule has 3 aromatic rings. The van der Waals surface area contributed by atoms with Gasteiger partial charge in [-0.3, -0.25) is 9.69 Å². The molecule has 8 heteroatoms. The maximum Gasteiger partial charge on any atom is 0.216 e. The number of guanidine groups is 1. The summed E-state index contributed by atoms with van der Waals surface area (Å²) in [6, 6.07) is 10.8. The van der Waals surface area contributed by atoms with E-state index in [0.717, 1.165) is 22.3 Å². The smallest absolute Gasteiger partial charge is 0.216 e. The van der Waals surface area contributed by atoms with Gasteiger partial charge in [-0.15, -0.1) is 0 Å². The topological polar surface area (TPSA) is 103 Å². The van der Waals surface area contributed by atoms with Gasteiger partial charge in [-0.2, -0.15) is 0 Å². The highest BCUT2D eigenvalue weighted by molar-refractivity contribution is 5.87. The first kappa shape index (κ1) is 18.4. The Morgan fingerprint density at radius 1 is 1.14 bits per heavy atom. The van der Waals surface area contributed by atoms with Gasteiger partial charge in [0.15, 0.2) is 5.96 Å².